The van der Waals surface area contributed by atoms with Gasteiger partial charge in [0.05, 0.1) is 0 Å². The van der Waals surface area contributed by atoms with Gasteiger partial charge in [-0.05, 0) is 25.0 Å². The highest BCUT2D eigenvalue weighted by Gasteiger charge is 2.11. The van der Waals surface area contributed by atoms with Gasteiger partial charge in [0.1, 0.15) is 17.5 Å². The Kier molecular flexibility index (Phi) is 5.09. The van der Waals surface area contributed by atoms with Crippen LogP contribution in [0.5, 0.6) is 0 Å². The van der Waals surface area contributed by atoms with Gasteiger partial charge in [-0.1, -0.05) is 19.9 Å². The van der Waals surface area contributed by atoms with Crippen molar-refractivity contribution in [3.63, 3.8) is 0 Å². The monoisotopic (exact) mass is 285 g/mol. The Bertz CT molecular complexity index is 581. The number of pyridine rings is 1. The minimum atomic E-state index is 0.302. The van der Waals surface area contributed by atoms with Crippen LogP contribution in [0, 0.1) is 6.92 Å². The zero-order valence-electron chi connectivity index (χ0n) is 13.1. The van der Waals surface area contributed by atoms with Crippen LogP contribution in [0.15, 0.2) is 24.5 Å². The maximum Gasteiger partial charge on any atom is 0.135 e. The predicted octanol–water partition coefficient (Wildman–Crippen LogP) is 3.00. The lowest BCUT2D eigenvalue weighted by Gasteiger charge is -2.15. The summed E-state index contributed by atoms with van der Waals surface area (Å²) in [5.74, 6) is 2.95. The summed E-state index contributed by atoms with van der Waals surface area (Å²) in [6, 6.07) is 4.04. The molecule has 21 heavy (non-hydrogen) atoms. The van der Waals surface area contributed by atoms with E-state index in [1.807, 2.05) is 26.2 Å². The summed E-state index contributed by atoms with van der Waals surface area (Å²) in [7, 11) is 1.89. The lowest BCUT2D eigenvalue weighted by Crippen LogP contribution is -2.12. The minimum Gasteiger partial charge on any atom is -0.373 e. The SMILES string of the molecule is CNc1nc(C(C)C)nc(NCCc2cccnc2)c1C. The molecule has 0 spiro atoms. The van der Waals surface area contributed by atoms with Crippen molar-refractivity contribution in [1.29, 1.82) is 0 Å². The molecule has 2 aromatic rings. The zero-order chi connectivity index (χ0) is 15.2. The molecule has 0 fully saturated rings. The fourth-order valence-corrected chi connectivity index (χ4v) is 2.08. The summed E-state index contributed by atoms with van der Waals surface area (Å²) in [5, 5.41) is 6.55. The van der Waals surface area contributed by atoms with Gasteiger partial charge in [0.25, 0.3) is 0 Å². The van der Waals surface area contributed by atoms with Crippen LogP contribution in [-0.4, -0.2) is 28.5 Å². The van der Waals surface area contributed by atoms with E-state index in [4.69, 9.17) is 0 Å². The Balaban J connectivity index is 2.10. The molecule has 5 nitrogen and oxygen atoms in total. The molecule has 0 aromatic carbocycles. The van der Waals surface area contributed by atoms with Gasteiger partial charge >= 0.3 is 0 Å². The maximum absolute atomic E-state index is 4.63. The molecule has 2 N–H and O–H groups in total. The van der Waals surface area contributed by atoms with E-state index >= 15 is 0 Å². The van der Waals surface area contributed by atoms with Crippen molar-refractivity contribution in [2.75, 3.05) is 24.2 Å². The maximum atomic E-state index is 4.63. The van der Waals surface area contributed by atoms with Crippen LogP contribution in [-0.2, 0) is 6.42 Å². The molecule has 0 aliphatic heterocycles. The average molecular weight is 285 g/mol. The third-order valence-corrected chi connectivity index (χ3v) is 3.35. The highest BCUT2D eigenvalue weighted by Crippen LogP contribution is 2.22. The fraction of sp³-hybridized carbons (Fsp3) is 0.438. The second-order valence-corrected chi connectivity index (χ2v) is 5.35. The first kappa shape index (κ1) is 15.2. The molecule has 0 radical (unpaired) electrons. The predicted molar refractivity (Wildman–Crippen MR) is 86.8 cm³/mol. The van der Waals surface area contributed by atoms with Gasteiger partial charge in [-0.3, -0.25) is 4.98 Å². The van der Waals surface area contributed by atoms with Gasteiger partial charge in [-0.2, -0.15) is 0 Å². The van der Waals surface area contributed by atoms with Crippen LogP contribution in [0.2, 0.25) is 0 Å². The number of nitrogens with one attached hydrogen (secondary N) is 2. The summed E-state index contributed by atoms with van der Waals surface area (Å²) in [6.07, 6.45) is 4.61. The molecule has 0 amide bonds. The molecular weight excluding hydrogens is 262 g/mol. The minimum absolute atomic E-state index is 0.302. The second kappa shape index (κ2) is 7.02. The summed E-state index contributed by atoms with van der Waals surface area (Å²) in [5.41, 5.74) is 2.27. The van der Waals surface area contributed by atoms with E-state index in [0.29, 0.717) is 5.92 Å². The quantitative estimate of drug-likeness (QED) is 0.854. The van der Waals surface area contributed by atoms with Crippen molar-refractivity contribution in [2.24, 2.45) is 0 Å². The van der Waals surface area contributed by atoms with E-state index in [-0.39, 0.29) is 0 Å². The van der Waals surface area contributed by atoms with Gasteiger partial charge in [0.15, 0.2) is 0 Å². The molecule has 5 heteroatoms. The summed E-state index contributed by atoms with van der Waals surface area (Å²) in [4.78, 5) is 13.3. The van der Waals surface area contributed by atoms with E-state index in [1.54, 1.807) is 6.20 Å². The van der Waals surface area contributed by atoms with Crippen molar-refractivity contribution < 1.29 is 0 Å². The smallest absolute Gasteiger partial charge is 0.135 e. The number of nitrogens with zero attached hydrogens (tertiary/aromatic N) is 3. The van der Waals surface area contributed by atoms with Crippen LogP contribution in [0.4, 0.5) is 11.6 Å². The topological polar surface area (TPSA) is 62.7 Å². The Hall–Kier alpha value is -2.17. The Morgan fingerprint density at radius 3 is 2.57 bits per heavy atom. The molecule has 0 saturated carbocycles. The van der Waals surface area contributed by atoms with Crippen molar-refractivity contribution in [2.45, 2.75) is 33.1 Å². The van der Waals surface area contributed by atoms with Crippen LogP contribution in [0.1, 0.15) is 36.7 Å². The molecule has 112 valence electrons. The molecule has 0 saturated heterocycles. The van der Waals surface area contributed by atoms with Crippen molar-refractivity contribution in [3.8, 4) is 0 Å². The van der Waals surface area contributed by atoms with Crippen LogP contribution >= 0.6 is 0 Å². The number of hydrogen-bond donors (Lipinski definition) is 2. The van der Waals surface area contributed by atoms with Gasteiger partial charge in [-0.25, -0.2) is 9.97 Å². The molecule has 0 atom stereocenters. The van der Waals surface area contributed by atoms with E-state index < -0.39 is 0 Å². The van der Waals surface area contributed by atoms with Crippen molar-refractivity contribution in [1.82, 2.24) is 15.0 Å². The highest BCUT2D eigenvalue weighted by atomic mass is 15.1. The molecular formula is C16H23N5. The molecule has 2 aromatic heterocycles. The largest absolute Gasteiger partial charge is 0.373 e. The second-order valence-electron chi connectivity index (χ2n) is 5.35. The van der Waals surface area contributed by atoms with E-state index in [0.717, 1.165) is 36.0 Å². The summed E-state index contributed by atoms with van der Waals surface area (Å²) in [6.45, 7) is 7.06. The number of rotatable bonds is 6. The standard InChI is InChI=1S/C16H23N5/c1-11(2)14-20-15(17-4)12(3)16(21-14)19-9-7-13-6-5-8-18-10-13/h5-6,8,10-11H,7,9H2,1-4H3,(H2,17,19,20,21). The van der Waals surface area contributed by atoms with E-state index in [9.17, 15) is 0 Å². The molecule has 0 aliphatic carbocycles. The van der Waals surface area contributed by atoms with E-state index in [2.05, 4.69) is 45.5 Å². The number of aromatic nitrogens is 3. The third-order valence-electron chi connectivity index (χ3n) is 3.35. The molecule has 0 aliphatic rings. The Morgan fingerprint density at radius 2 is 1.95 bits per heavy atom. The first-order chi connectivity index (χ1) is 10.1. The van der Waals surface area contributed by atoms with Gasteiger partial charge < -0.3 is 10.6 Å². The van der Waals surface area contributed by atoms with Crippen LogP contribution in [0.3, 0.4) is 0 Å². The first-order valence-electron chi connectivity index (χ1n) is 7.31. The van der Waals surface area contributed by atoms with Crippen molar-refractivity contribution in [3.05, 3.63) is 41.5 Å². The normalized spacial score (nSPS) is 10.7. The number of hydrogen-bond acceptors (Lipinski definition) is 5. The first-order valence-corrected chi connectivity index (χ1v) is 7.31. The van der Waals surface area contributed by atoms with Gasteiger partial charge in [0.2, 0.25) is 0 Å². The van der Waals surface area contributed by atoms with Crippen LogP contribution in [0.25, 0.3) is 0 Å². The molecule has 2 rings (SSSR count). The van der Waals surface area contributed by atoms with Gasteiger partial charge in [-0.15, -0.1) is 0 Å². The highest BCUT2D eigenvalue weighted by molar-refractivity contribution is 5.57. The summed E-state index contributed by atoms with van der Waals surface area (Å²) >= 11 is 0. The van der Waals surface area contributed by atoms with E-state index in [1.165, 1.54) is 5.56 Å². The van der Waals surface area contributed by atoms with Gasteiger partial charge in [0, 0.05) is 37.5 Å². The molecule has 0 unspecified atom stereocenters. The molecule has 0 bridgehead atoms. The molecule has 2 heterocycles. The fourth-order valence-electron chi connectivity index (χ4n) is 2.08. The summed E-state index contributed by atoms with van der Waals surface area (Å²) < 4.78 is 0. The lowest BCUT2D eigenvalue weighted by atomic mass is 10.2. The number of anilines is 2. The lowest BCUT2D eigenvalue weighted by molar-refractivity contribution is 0.773. The van der Waals surface area contributed by atoms with Crippen molar-refractivity contribution >= 4 is 11.6 Å². The van der Waals surface area contributed by atoms with Crippen LogP contribution < -0.4 is 10.6 Å². The third kappa shape index (κ3) is 3.90. The average Bonchev–Trinajstić information content (AvgIpc) is 2.49. The Labute approximate surface area is 126 Å². The Morgan fingerprint density at radius 1 is 1.19 bits per heavy atom. The zero-order valence-corrected chi connectivity index (χ0v) is 13.1.